The molecule has 0 bridgehead atoms. The van der Waals surface area contributed by atoms with Gasteiger partial charge in [0.1, 0.15) is 6.26 Å². The number of carbonyl (C=O) groups is 3. The topological polar surface area (TPSA) is 82.9 Å². The third kappa shape index (κ3) is 3.45. The molecule has 1 aromatic heterocycles. The highest BCUT2D eigenvalue weighted by Crippen LogP contribution is 2.28. The number of hydrogen-bond acceptors (Lipinski definition) is 4. The Hall–Kier alpha value is -3.09. The van der Waals surface area contributed by atoms with E-state index >= 15 is 0 Å². The van der Waals surface area contributed by atoms with Crippen LogP contribution >= 0.6 is 0 Å². The number of hydrogen-bond donors (Lipinski definition) is 1. The van der Waals surface area contributed by atoms with Crippen LogP contribution in [0.4, 0.5) is 0 Å². The van der Waals surface area contributed by atoms with E-state index in [1.54, 1.807) is 21.9 Å². The van der Waals surface area contributed by atoms with Crippen LogP contribution in [0, 0.1) is 0 Å². The predicted octanol–water partition coefficient (Wildman–Crippen LogP) is 1.83. The molecule has 0 unspecified atom stereocenters. The predicted molar refractivity (Wildman–Crippen MR) is 97.1 cm³/mol. The Kier molecular flexibility index (Phi) is 4.66. The first-order valence-electron chi connectivity index (χ1n) is 9.12. The highest BCUT2D eigenvalue weighted by Gasteiger charge is 2.31. The average Bonchev–Trinajstić information content (AvgIpc) is 3.23. The molecule has 1 atom stereocenters. The van der Waals surface area contributed by atoms with E-state index in [1.807, 2.05) is 18.2 Å². The van der Waals surface area contributed by atoms with Gasteiger partial charge >= 0.3 is 0 Å². The smallest absolute Gasteiger partial charge is 0.257 e. The number of benzene rings is 1. The van der Waals surface area contributed by atoms with Crippen LogP contribution in [0.15, 0.2) is 47.3 Å². The standard InChI is InChI=1S/C20H21N3O4/c24-18(12-17-15-4-1-2-5-16(15)19(25)21-17)22-7-3-8-23(10-9-22)20(26)14-6-11-27-13-14/h1-2,4-6,11,13,17H,3,7-10,12H2,(H,21,25)/t17-/m1/s1. The maximum atomic E-state index is 12.8. The molecule has 1 saturated heterocycles. The van der Waals surface area contributed by atoms with Crippen LogP contribution < -0.4 is 5.32 Å². The van der Waals surface area contributed by atoms with Crippen molar-refractivity contribution >= 4 is 17.7 Å². The summed E-state index contributed by atoms with van der Waals surface area (Å²) in [6.07, 6.45) is 3.88. The summed E-state index contributed by atoms with van der Waals surface area (Å²) >= 11 is 0. The van der Waals surface area contributed by atoms with Crippen LogP contribution in [-0.4, -0.2) is 53.7 Å². The highest BCUT2D eigenvalue weighted by atomic mass is 16.3. The third-order valence-corrected chi connectivity index (χ3v) is 5.17. The van der Waals surface area contributed by atoms with Crippen molar-refractivity contribution in [3.05, 3.63) is 59.5 Å². The molecule has 0 spiro atoms. The van der Waals surface area contributed by atoms with E-state index in [0.29, 0.717) is 37.3 Å². The Morgan fingerprint density at radius 1 is 1.07 bits per heavy atom. The van der Waals surface area contributed by atoms with Gasteiger partial charge in [0.05, 0.1) is 24.3 Å². The fraction of sp³-hybridized carbons (Fsp3) is 0.350. The van der Waals surface area contributed by atoms with Gasteiger partial charge in [-0.3, -0.25) is 14.4 Å². The molecule has 3 amide bonds. The Bertz CT molecular complexity index is 862. The Labute approximate surface area is 156 Å². The van der Waals surface area contributed by atoms with Gasteiger partial charge in [-0.05, 0) is 24.1 Å². The maximum absolute atomic E-state index is 12.8. The van der Waals surface area contributed by atoms with E-state index in [1.165, 1.54) is 12.5 Å². The molecule has 27 heavy (non-hydrogen) atoms. The number of furan rings is 1. The molecule has 0 aliphatic carbocycles. The zero-order valence-electron chi connectivity index (χ0n) is 14.9. The van der Waals surface area contributed by atoms with Crippen molar-refractivity contribution in [1.82, 2.24) is 15.1 Å². The summed E-state index contributed by atoms with van der Waals surface area (Å²) < 4.78 is 4.98. The minimum absolute atomic E-state index is 0.00499. The van der Waals surface area contributed by atoms with Crippen LogP contribution in [0.25, 0.3) is 0 Å². The van der Waals surface area contributed by atoms with E-state index < -0.39 is 0 Å². The van der Waals surface area contributed by atoms with Crippen molar-refractivity contribution in [1.29, 1.82) is 0 Å². The quantitative estimate of drug-likeness (QED) is 0.897. The van der Waals surface area contributed by atoms with Gasteiger partial charge in [-0.25, -0.2) is 0 Å². The molecule has 0 saturated carbocycles. The van der Waals surface area contributed by atoms with E-state index in [2.05, 4.69) is 5.32 Å². The summed E-state index contributed by atoms with van der Waals surface area (Å²) in [5.74, 6) is -0.208. The molecule has 1 fully saturated rings. The van der Waals surface area contributed by atoms with E-state index in [0.717, 1.165) is 12.0 Å². The fourth-order valence-electron chi connectivity index (χ4n) is 3.72. The molecule has 1 N–H and O–H groups in total. The minimum Gasteiger partial charge on any atom is -0.472 e. The van der Waals surface area contributed by atoms with Crippen molar-refractivity contribution < 1.29 is 18.8 Å². The second-order valence-electron chi connectivity index (χ2n) is 6.86. The van der Waals surface area contributed by atoms with E-state index in [9.17, 15) is 14.4 Å². The molecular weight excluding hydrogens is 346 g/mol. The van der Waals surface area contributed by atoms with E-state index in [4.69, 9.17) is 4.42 Å². The molecule has 7 heteroatoms. The largest absolute Gasteiger partial charge is 0.472 e. The lowest BCUT2D eigenvalue weighted by molar-refractivity contribution is -0.131. The lowest BCUT2D eigenvalue weighted by atomic mass is 10.0. The number of amides is 3. The van der Waals surface area contributed by atoms with Crippen LogP contribution in [-0.2, 0) is 4.79 Å². The first-order chi connectivity index (χ1) is 13.1. The molecule has 140 valence electrons. The maximum Gasteiger partial charge on any atom is 0.257 e. The monoisotopic (exact) mass is 367 g/mol. The Morgan fingerprint density at radius 3 is 2.67 bits per heavy atom. The van der Waals surface area contributed by atoms with Crippen LogP contribution in [0.5, 0.6) is 0 Å². The van der Waals surface area contributed by atoms with Crippen molar-refractivity contribution in [2.75, 3.05) is 26.2 Å². The van der Waals surface area contributed by atoms with Gasteiger partial charge in [0, 0.05) is 31.7 Å². The van der Waals surface area contributed by atoms with Crippen LogP contribution in [0.3, 0.4) is 0 Å². The molecule has 2 aliphatic rings. The molecule has 1 aromatic carbocycles. The number of nitrogens with zero attached hydrogens (tertiary/aromatic N) is 2. The second kappa shape index (κ2) is 7.26. The Balaban J connectivity index is 1.38. The van der Waals surface area contributed by atoms with Gasteiger partial charge in [0.25, 0.3) is 11.8 Å². The van der Waals surface area contributed by atoms with Gasteiger partial charge in [-0.1, -0.05) is 18.2 Å². The normalized spacial score (nSPS) is 19.4. The molecule has 4 rings (SSSR count). The summed E-state index contributed by atoms with van der Waals surface area (Å²) in [6.45, 7) is 2.20. The van der Waals surface area contributed by atoms with Gasteiger partial charge in [0.15, 0.2) is 0 Å². The van der Waals surface area contributed by atoms with Gasteiger partial charge in [0.2, 0.25) is 5.91 Å². The molecule has 2 aliphatic heterocycles. The van der Waals surface area contributed by atoms with Crippen LogP contribution in [0.2, 0.25) is 0 Å². The first kappa shape index (κ1) is 17.3. The first-order valence-corrected chi connectivity index (χ1v) is 9.12. The molecule has 2 aromatic rings. The number of rotatable bonds is 3. The lowest BCUT2D eigenvalue weighted by Crippen LogP contribution is -2.38. The zero-order chi connectivity index (χ0) is 18.8. The highest BCUT2D eigenvalue weighted by molar-refractivity contribution is 5.99. The molecule has 3 heterocycles. The van der Waals surface area contributed by atoms with Crippen molar-refractivity contribution in [3.63, 3.8) is 0 Å². The third-order valence-electron chi connectivity index (χ3n) is 5.17. The van der Waals surface area contributed by atoms with Crippen molar-refractivity contribution in [2.24, 2.45) is 0 Å². The fourth-order valence-corrected chi connectivity index (χ4v) is 3.72. The molecule has 7 nitrogen and oxygen atoms in total. The van der Waals surface area contributed by atoms with E-state index in [-0.39, 0.29) is 30.2 Å². The zero-order valence-corrected chi connectivity index (χ0v) is 14.9. The second-order valence-corrected chi connectivity index (χ2v) is 6.86. The van der Waals surface area contributed by atoms with Crippen molar-refractivity contribution in [3.8, 4) is 0 Å². The summed E-state index contributed by atoms with van der Waals surface area (Å²) in [6, 6.07) is 8.73. The SMILES string of the molecule is O=C1N[C@H](CC(=O)N2CCCN(C(=O)c3ccoc3)CC2)c2ccccc21. The average molecular weight is 367 g/mol. The molecule has 0 radical (unpaired) electrons. The van der Waals surface area contributed by atoms with Gasteiger partial charge in [-0.15, -0.1) is 0 Å². The van der Waals surface area contributed by atoms with Gasteiger partial charge in [-0.2, -0.15) is 0 Å². The number of carbonyl (C=O) groups excluding carboxylic acids is 3. The number of nitrogens with one attached hydrogen (secondary N) is 1. The van der Waals surface area contributed by atoms with Crippen LogP contribution in [0.1, 0.15) is 45.2 Å². The molecular formula is C20H21N3O4. The summed E-state index contributed by atoms with van der Waals surface area (Å²) in [7, 11) is 0. The summed E-state index contributed by atoms with van der Waals surface area (Å²) in [4.78, 5) is 40.8. The summed E-state index contributed by atoms with van der Waals surface area (Å²) in [5, 5.41) is 2.89. The van der Waals surface area contributed by atoms with Gasteiger partial charge < -0.3 is 19.5 Å². The summed E-state index contributed by atoms with van der Waals surface area (Å²) in [5.41, 5.74) is 2.05. The number of fused-ring (bicyclic) bond motifs is 1. The Morgan fingerprint density at radius 2 is 1.85 bits per heavy atom. The minimum atomic E-state index is -0.284. The lowest BCUT2D eigenvalue weighted by Gasteiger charge is -2.23. The van der Waals surface area contributed by atoms with Crippen molar-refractivity contribution in [2.45, 2.75) is 18.9 Å².